The van der Waals surface area contributed by atoms with E-state index in [1.54, 1.807) is 0 Å². The Balaban J connectivity index is -0.0000000718. The van der Waals surface area contributed by atoms with Gasteiger partial charge in [0.2, 0.25) is 0 Å². The molecule has 0 nitrogen and oxygen atoms in total. The molecule has 0 aromatic rings. The zero-order valence-electron chi connectivity index (χ0n) is 10.7. The quantitative estimate of drug-likeness (QED) is 0.344. The maximum Gasteiger partial charge on any atom is 0 e. The summed E-state index contributed by atoms with van der Waals surface area (Å²) in [6.45, 7) is 2.06. The molecule has 0 saturated heterocycles. The predicted octanol–water partition coefficient (Wildman–Crippen LogP) is 4.36. The van der Waals surface area contributed by atoms with Crippen LogP contribution in [0.2, 0.25) is 11.5 Å². The molecule has 0 fully saturated rings. The Morgan fingerprint density at radius 1 is 1.12 bits per heavy atom. The van der Waals surface area contributed by atoms with E-state index in [9.17, 15) is 0 Å². The monoisotopic (exact) mass is 501 g/mol. The van der Waals surface area contributed by atoms with Gasteiger partial charge in [-0.2, -0.15) is 12.2 Å². The standard InChI is InChI=1S/C6H7.C5H5.C2H7Ge.2ClH.Hf/c1-6-4-2-3-5-6;1-2-4-5-3-1;1-3-2;;;/h2,4H,3H2,1H3;1-3H,4H2;3H,1-2H3;2*1H;/q2*-1;;;;. The molecular formula is C13H21Cl2GeHf-2. The van der Waals surface area contributed by atoms with Gasteiger partial charge in [-0.25, -0.2) is 23.8 Å². The van der Waals surface area contributed by atoms with E-state index in [-0.39, 0.29) is 50.7 Å². The van der Waals surface area contributed by atoms with Crippen LogP contribution in [0.5, 0.6) is 0 Å². The van der Waals surface area contributed by atoms with Crippen LogP contribution in [0, 0.1) is 12.2 Å². The van der Waals surface area contributed by atoms with Crippen molar-refractivity contribution in [2.75, 3.05) is 0 Å². The van der Waals surface area contributed by atoms with E-state index in [1.807, 2.05) is 12.2 Å². The zero-order chi connectivity index (χ0) is 10.6. The van der Waals surface area contributed by atoms with Crippen molar-refractivity contribution in [2.24, 2.45) is 0 Å². The van der Waals surface area contributed by atoms with Gasteiger partial charge >= 0.3 is 26.9 Å². The fourth-order valence-corrected chi connectivity index (χ4v) is 0.855. The molecule has 0 aliphatic heterocycles. The zero-order valence-corrected chi connectivity index (χ0v) is 18.3. The minimum atomic E-state index is 0. The normalized spacial score (nSPS) is 12.8. The molecule has 97 valence electrons. The van der Waals surface area contributed by atoms with Crippen LogP contribution in [-0.4, -0.2) is 15.4 Å². The van der Waals surface area contributed by atoms with Crippen molar-refractivity contribution in [1.82, 2.24) is 0 Å². The van der Waals surface area contributed by atoms with E-state index in [2.05, 4.69) is 48.8 Å². The number of allylic oxidation sites excluding steroid dienone is 8. The van der Waals surface area contributed by atoms with Gasteiger partial charge in [-0.15, -0.1) is 37.7 Å². The molecule has 0 spiro atoms. The molecule has 0 heterocycles. The SMILES string of the molecule is CC1=[C-]CC=C1.Cl.Cl.[C-]1=CC=CC1.[CH3][GeH][CH3].[Hf]. The second-order valence-electron chi connectivity index (χ2n) is 3.05. The molecule has 0 saturated carbocycles. The van der Waals surface area contributed by atoms with Gasteiger partial charge in [-0.1, -0.05) is 6.92 Å². The van der Waals surface area contributed by atoms with E-state index in [0.717, 1.165) is 12.8 Å². The summed E-state index contributed by atoms with van der Waals surface area (Å²) in [5.41, 5.74) is 1.27. The minimum absolute atomic E-state index is 0. The first-order valence-corrected chi connectivity index (χ1v) is 9.85. The van der Waals surface area contributed by atoms with E-state index in [0.29, 0.717) is 15.4 Å². The summed E-state index contributed by atoms with van der Waals surface area (Å²) in [5.74, 6) is 4.56. The van der Waals surface area contributed by atoms with Gasteiger partial charge in [0.15, 0.2) is 0 Å². The van der Waals surface area contributed by atoms with Gasteiger partial charge in [0.25, 0.3) is 0 Å². The smallest absolute Gasteiger partial charge is 0 e. The molecule has 4 heteroatoms. The van der Waals surface area contributed by atoms with Crippen molar-refractivity contribution in [1.29, 1.82) is 0 Å². The van der Waals surface area contributed by atoms with E-state index >= 15 is 0 Å². The maximum absolute atomic E-state index is 3.12. The summed E-state index contributed by atoms with van der Waals surface area (Å²) in [6, 6.07) is 0. The van der Waals surface area contributed by atoms with E-state index in [1.165, 1.54) is 5.57 Å². The molecule has 0 atom stereocenters. The average molecular weight is 499 g/mol. The molecule has 2 aliphatic carbocycles. The second-order valence-corrected chi connectivity index (χ2v) is 5.47. The Hall–Kier alpha value is 0.953. The number of hydrogen-bond acceptors (Lipinski definition) is 0. The third-order valence-electron chi connectivity index (χ3n) is 1.45. The van der Waals surface area contributed by atoms with Crippen LogP contribution in [0.25, 0.3) is 0 Å². The fourth-order valence-electron chi connectivity index (χ4n) is 0.855. The first kappa shape index (κ1) is 26.5. The van der Waals surface area contributed by atoms with E-state index in [4.69, 9.17) is 0 Å². The molecule has 2 aliphatic rings. The molecule has 0 aromatic heterocycles. The third kappa shape index (κ3) is 22.6. The van der Waals surface area contributed by atoms with Crippen LogP contribution < -0.4 is 0 Å². The number of halogens is 2. The minimum Gasteiger partial charge on any atom is 0 e. The Morgan fingerprint density at radius 2 is 1.71 bits per heavy atom. The van der Waals surface area contributed by atoms with Crippen LogP contribution in [0.1, 0.15) is 19.8 Å². The Labute approximate surface area is 144 Å². The van der Waals surface area contributed by atoms with E-state index < -0.39 is 0 Å². The summed E-state index contributed by atoms with van der Waals surface area (Å²) in [7, 11) is 0. The second kappa shape index (κ2) is 22.2. The van der Waals surface area contributed by atoms with Gasteiger partial charge in [-0.3, -0.25) is 12.2 Å². The molecule has 1 radical (unpaired) electrons. The molecule has 0 unspecified atom stereocenters. The summed E-state index contributed by atoms with van der Waals surface area (Å²) >= 11 is 0.312. The van der Waals surface area contributed by atoms with Gasteiger partial charge in [-0.05, 0) is 0 Å². The summed E-state index contributed by atoms with van der Waals surface area (Å²) in [5, 5.41) is 0. The molecule has 0 N–H and O–H groups in total. The van der Waals surface area contributed by atoms with Crippen molar-refractivity contribution in [3.63, 3.8) is 0 Å². The molecular weight excluding hydrogens is 478 g/mol. The predicted molar refractivity (Wildman–Crippen MR) is 81.1 cm³/mol. The molecule has 17 heavy (non-hydrogen) atoms. The van der Waals surface area contributed by atoms with Gasteiger partial charge in [0.05, 0.1) is 0 Å². The van der Waals surface area contributed by atoms with Gasteiger partial charge in [0, 0.05) is 25.8 Å². The molecule has 0 bridgehead atoms. The van der Waals surface area contributed by atoms with Crippen molar-refractivity contribution in [3.05, 3.63) is 48.1 Å². The van der Waals surface area contributed by atoms with Crippen LogP contribution in [-0.2, 0) is 25.8 Å². The van der Waals surface area contributed by atoms with Gasteiger partial charge in [0.1, 0.15) is 0 Å². The summed E-state index contributed by atoms with van der Waals surface area (Å²) in [4.78, 5) is 0. The first-order valence-electron chi connectivity index (χ1n) is 5.01. The van der Waals surface area contributed by atoms with Crippen LogP contribution in [0.15, 0.2) is 36.0 Å². The molecule has 0 aromatic carbocycles. The number of hydrogen-bond donors (Lipinski definition) is 0. The van der Waals surface area contributed by atoms with Crippen molar-refractivity contribution < 1.29 is 25.8 Å². The Kier molecular flexibility index (Phi) is 34.5. The van der Waals surface area contributed by atoms with Crippen molar-refractivity contribution in [2.45, 2.75) is 31.3 Å². The van der Waals surface area contributed by atoms with Crippen molar-refractivity contribution in [3.8, 4) is 0 Å². The maximum atomic E-state index is 3.12. The van der Waals surface area contributed by atoms with Crippen molar-refractivity contribution >= 4 is 40.2 Å². The molecule has 0 amide bonds. The van der Waals surface area contributed by atoms with Crippen LogP contribution >= 0.6 is 24.8 Å². The Bertz CT molecular complexity index is 233. The third-order valence-corrected chi connectivity index (χ3v) is 1.45. The topological polar surface area (TPSA) is 0 Å². The molecule has 2 rings (SSSR count). The first-order chi connectivity index (χ1) is 6.81. The van der Waals surface area contributed by atoms with Gasteiger partial charge < -0.3 is 0 Å². The fraction of sp³-hybridized carbons (Fsp3) is 0.385. The summed E-state index contributed by atoms with van der Waals surface area (Å²) < 4.78 is 0. The summed E-state index contributed by atoms with van der Waals surface area (Å²) in [6.07, 6.45) is 18.3. The average Bonchev–Trinajstić information content (AvgIpc) is 2.78. The number of rotatable bonds is 0. The largest absolute Gasteiger partial charge is 0 e. The van der Waals surface area contributed by atoms with Crippen LogP contribution in [0.4, 0.5) is 0 Å². The Morgan fingerprint density at radius 3 is 1.82 bits per heavy atom. The van der Waals surface area contributed by atoms with Crippen LogP contribution in [0.3, 0.4) is 0 Å².